The van der Waals surface area contributed by atoms with Gasteiger partial charge >= 0.3 is 5.97 Å². The molecule has 120 valence electrons. The quantitative estimate of drug-likeness (QED) is 0.836. The third kappa shape index (κ3) is 3.23. The molecule has 7 nitrogen and oxygen atoms in total. The van der Waals surface area contributed by atoms with Crippen molar-refractivity contribution in [1.82, 2.24) is 20.1 Å². The number of aromatic nitrogens is 3. The second-order valence-electron chi connectivity index (χ2n) is 5.61. The molecular formula is C16H18N4O3. The van der Waals surface area contributed by atoms with E-state index in [1.807, 2.05) is 17.8 Å². The van der Waals surface area contributed by atoms with Crippen molar-refractivity contribution in [3.05, 3.63) is 47.5 Å². The minimum atomic E-state index is -0.486. The minimum absolute atomic E-state index is 0.214. The summed E-state index contributed by atoms with van der Waals surface area (Å²) in [5, 5.41) is 7.04. The van der Waals surface area contributed by atoms with Crippen LogP contribution in [0.2, 0.25) is 0 Å². The van der Waals surface area contributed by atoms with Crippen LogP contribution in [0, 0.1) is 5.92 Å². The number of rotatable bonds is 5. The summed E-state index contributed by atoms with van der Waals surface area (Å²) in [6, 6.07) is 4.96. The van der Waals surface area contributed by atoms with Gasteiger partial charge in [-0.1, -0.05) is 0 Å². The standard InChI is InChI=1S/C16H18N4O3/c1-20-14(4-6-19-20)12-7-11(12)9-18-15(21)13-8-10(3-5-17-13)16(22)23-2/h3-6,8,11-12H,7,9H2,1-2H3,(H,18,21)/t11-,12+/m0/s1. The Morgan fingerprint density at radius 2 is 2.22 bits per heavy atom. The zero-order chi connectivity index (χ0) is 16.4. The first kappa shape index (κ1) is 15.2. The molecule has 1 aliphatic carbocycles. The monoisotopic (exact) mass is 314 g/mol. The Balaban J connectivity index is 1.57. The molecule has 2 heterocycles. The number of ether oxygens (including phenoxy) is 1. The molecule has 1 N–H and O–H groups in total. The van der Waals surface area contributed by atoms with Gasteiger partial charge in [-0.15, -0.1) is 0 Å². The first-order chi connectivity index (χ1) is 11.1. The molecule has 2 aromatic rings. The molecule has 1 fully saturated rings. The van der Waals surface area contributed by atoms with Gasteiger partial charge in [0.1, 0.15) is 5.69 Å². The van der Waals surface area contributed by atoms with E-state index in [0.29, 0.717) is 23.9 Å². The fraction of sp³-hybridized carbons (Fsp3) is 0.375. The van der Waals surface area contributed by atoms with Crippen LogP contribution in [-0.4, -0.2) is 40.3 Å². The topological polar surface area (TPSA) is 86.1 Å². The number of carbonyl (C=O) groups excluding carboxylic acids is 2. The van der Waals surface area contributed by atoms with Crippen LogP contribution in [0.15, 0.2) is 30.6 Å². The Bertz CT molecular complexity index is 740. The lowest BCUT2D eigenvalue weighted by atomic mass is 10.2. The molecule has 1 saturated carbocycles. The normalized spacial score (nSPS) is 19.2. The van der Waals surface area contributed by atoms with Crippen LogP contribution in [0.3, 0.4) is 0 Å². The molecule has 0 spiro atoms. The molecule has 1 amide bonds. The van der Waals surface area contributed by atoms with Gasteiger partial charge in [0, 0.05) is 37.6 Å². The van der Waals surface area contributed by atoms with Crippen LogP contribution >= 0.6 is 0 Å². The lowest BCUT2D eigenvalue weighted by Crippen LogP contribution is -2.27. The largest absolute Gasteiger partial charge is 0.465 e. The van der Waals surface area contributed by atoms with Crippen molar-refractivity contribution >= 4 is 11.9 Å². The molecule has 0 unspecified atom stereocenters. The average molecular weight is 314 g/mol. The number of carbonyl (C=O) groups is 2. The summed E-state index contributed by atoms with van der Waals surface area (Å²) in [6.07, 6.45) is 4.25. The van der Waals surface area contributed by atoms with Crippen LogP contribution in [0.5, 0.6) is 0 Å². The Morgan fingerprint density at radius 3 is 2.91 bits per heavy atom. The summed E-state index contributed by atoms with van der Waals surface area (Å²) in [4.78, 5) is 27.6. The molecule has 0 aliphatic heterocycles. The maximum atomic E-state index is 12.2. The third-order valence-corrected chi connectivity index (χ3v) is 4.10. The number of amides is 1. The fourth-order valence-electron chi connectivity index (χ4n) is 2.70. The number of aryl methyl sites for hydroxylation is 1. The van der Waals surface area contributed by atoms with E-state index < -0.39 is 5.97 Å². The van der Waals surface area contributed by atoms with Crippen molar-refractivity contribution in [2.45, 2.75) is 12.3 Å². The van der Waals surface area contributed by atoms with E-state index >= 15 is 0 Å². The molecule has 1 aliphatic rings. The Labute approximate surface area is 133 Å². The summed E-state index contributed by atoms with van der Waals surface area (Å²) < 4.78 is 6.51. The van der Waals surface area contributed by atoms with Gasteiger partial charge in [0.25, 0.3) is 5.91 Å². The molecule has 0 radical (unpaired) electrons. The molecule has 7 heteroatoms. The van der Waals surface area contributed by atoms with Crippen molar-refractivity contribution in [3.63, 3.8) is 0 Å². The van der Waals surface area contributed by atoms with E-state index in [1.54, 1.807) is 6.20 Å². The van der Waals surface area contributed by atoms with E-state index in [0.717, 1.165) is 6.42 Å². The van der Waals surface area contributed by atoms with Gasteiger partial charge in [-0.05, 0) is 30.5 Å². The predicted octanol–water partition coefficient (Wildman–Crippen LogP) is 1.14. The van der Waals surface area contributed by atoms with Gasteiger partial charge in [0.2, 0.25) is 0 Å². The molecular weight excluding hydrogens is 296 g/mol. The molecule has 3 rings (SSSR count). The summed E-state index contributed by atoms with van der Waals surface area (Å²) in [5.74, 6) is 0.0848. The number of methoxy groups -OCH3 is 1. The van der Waals surface area contributed by atoms with Crippen molar-refractivity contribution in [1.29, 1.82) is 0 Å². The number of pyridine rings is 1. The number of nitrogens with zero attached hydrogens (tertiary/aromatic N) is 3. The van der Waals surface area contributed by atoms with Crippen LogP contribution < -0.4 is 5.32 Å². The number of hydrogen-bond acceptors (Lipinski definition) is 5. The Hall–Kier alpha value is -2.70. The Kier molecular flexibility index (Phi) is 4.10. The van der Waals surface area contributed by atoms with Crippen molar-refractivity contribution in [2.24, 2.45) is 13.0 Å². The van der Waals surface area contributed by atoms with Crippen molar-refractivity contribution < 1.29 is 14.3 Å². The SMILES string of the molecule is COC(=O)c1ccnc(C(=O)NC[C@@H]2C[C@H]2c2ccnn2C)c1. The van der Waals surface area contributed by atoms with Gasteiger partial charge in [0.05, 0.1) is 12.7 Å². The first-order valence-corrected chi connectivity index (χ1v) is 7.40. The second-order valence-corrected chi connectivity index (χ2v) is 5.61. The molecule has 23 heavy (non-hydrogen) atoms. The average Bonchev–Trinajstić information content (AvgIpc) is 3.23. The molecule has 0 bridgehead atoms. The first-order valence-electron chi connectivity index (χ1n) is 7.40. The number of esters is 1. The molecule has 2 aromatic heterocycles. The van der Waals surface area contributed by atoms with E-state index in [4.69, 9.17) is 0 Å². The van der Waals surface area contributed by atoms with Gasteiger partial charge in [-0.2, -0.15) is 5.10 Å². The lowest BCUT2D eigenvalue weighted by molar-refractivity contribution is 0.0600. The highest BCUT2D eigenvalue weighted by Gasteiger charge is 2.40. The van der Waals surface area contributed by atoms with Gasteiger partial charge < -0.3 is 10.1 Å². The van der Waals surface area contributed by atoms with Crippen molar-refractivity contribution in [2.75, 3.05) is 13.7 Å². The summed E-state index contributed by atoms with van der Waals surface area (Å²) in [5.41, 5.74) is 1.72. The molecule has 0 saturated heterocycles. The van der Waals surface area contributed by atoms with E-state index in [-0.39, 0.29) is 11.6 Å². The molecule has 2 atom stereocenters. The smallest absolute Gasteiger partial charge is 0.337 e. The highest BCUT2D eigenvalue weighted by Crippen LogP contribution is 2.46. The highest BCUT2D eigenvalue weighted by atomic mass is 16.5. The zero-order valence-corrected chi connectivity index (χ0v) is 13.0. The molecule has 0 aromatic carbocycles. The summed E-state index contributed by atoms with van der Waals surface area (Å²) in [7, 11) is 3.22. The fourth-order valence-corrected chi connectivity index (χ4v) is 2.70. The van der Waals surface area contributed by atoms with Gasteiger partial charge in [-0.25, -0.2) is 4.79 Å². The maximum Gasteiger partial charge on any atom is 0.337 e. The van der Waals surface area contributed by atoms with E-state index in [1.165, 1.54) is 31.1 Å². The van der Waals surface area contributed by atoms with Crippen molar-refractivity contribution in [3.8, 4) is 0 Å². The number of hydrogen-bond donors (Lipinski definition) is 1. The predicted molar refractivity (Wildman–Crippen MR) is 82.0 cm³/mol. The Morgan fingerprint density at radius 1 is 1.39 bits per heavy atom. The maximum absolute atomic E-state index is 12.2. The lowest BCUT2D eigenvalue weighted by Gasteiger charge is -2.06. The van der Waals surface area contributed by atoms with E-state index in [9.17, 15) is 9.59 Å². The van der Waals surface area contributed by atoms with Crippen LogP contribution in [0.1, 0.15) is 38.9 Å². The highest BCUT2D eigenvalue weighted by molar-refractivity contribution is 5.96. The number of nitrogens with one attached hydrogen (secondary N) is 1. The zero-order valence-electron chi connectivity index (χ0n) is 13.0. The second kappa shape index (κ2) is 6.20. The third-order valence-electron chi connectivity index (χ3n) is 4.10. The van der Waals surface area contributed by atoms with Crippen LogP contribution in [-0.2, 0) is 11.8 Å². The minimum Gasteiger partial charge on any atom is -0.465 e. The van der Waals surface area contributed by atoms with E-state index in [2.05, 4.69) is 20.1 Å². The van der Waals surface area contributed by atoms with Gasteiger partial charge in [0.15, 0.2) is 0 Å². The summed E-state index contributed by atoms with van der Waals surface area (Å²) in [6.45, 7) is 0.582. The summed E-state index contributed by atoms with van der Waals surface area (Å²) >= 11 is 0. The van der Waals surface area contributed by atoms with Gasteiger partial charge in [-0.3, -0.25) is 14.5 Å². The van der Waals surface area contributed by atoms with Crippen LogP contribution in [0.4, 0.5) is 0 Å². The van der Waals surface area contributed by atoms with Crippen LogP contribution in [0.25, 0.3) is 0 Å².